The maximum Gasteiger partial charge on any atom is 0.263 e. The van der Waals surface area contributed by atoms with Gasteiger partial charge in [0.15, 0.2) is 0 Å². The Bertz CT molecular complexity index is 1780. The summed E-state index contributed by atoms with van der Waals surface area (Å²) in [7, 11) is 0. The first-order chi connectivity index (χ1) is 18.2. The van der Waals surface area contributed by atoms with E-state index in [0.29, 0.717) is 32.0 Å². The van der Waals surface area contributed by atoms with Crippen molar-refractivity contribution in [2.45, 2.75) is 10.1 Å². The van der Waals surface area contributed by atoms with Gasteiger partial charge in [-0.15, -0.1) is 10.2 Å². The number of pyridine rings is 1. The summed E-state index contributed by atoms with van der Waals surface area (Å²) in [6.45, 7) is 0. The first-order valence-corrected chi connectivity index (χ1v) is 12.8. The molecule has 0 fully saturated rings. The average molecular weight is 519 g/mol. The molecule has 0 bridgehead atoms. The second-order valence-electron chi connectivity index (χ2n) is 8.34. The minimum atomic E-state index is -0.226. The molecule has 0 saturated carbocycles. The summed E-state index contributed by atoms with van der Waals surface area (Å²) >= 11 is 7.56. The molecule has 5 nitrogen and oxygen atoms in total. The Balaban J connectivity index is 1.55. The highest BCUT2D eigenvalue weighted by Gasteiger charge is 2.20. The first-order valence-electron chi connectivity index (χ1n) is 11.6. The van der Waals surface area contributed by atoms with Crippen LogP contribution >= 0.6 is 23.4 Å². The van der Waals surface area contributed by atoms with Gasteiger partial charge in [-0.05, 0) is 35.5 Å². The Morgan fingerprint density at radius 2 is 1.27 bits per heavy atom. The van der Waals surface area contributed by atoms with E-state index < -0.39 is 0 Å². The van der Waals surface area contributed by atoms with Crippen molar-refractivity contribution < 1.29 is 0 Å². The van der Waals surface area contributed by atoms with Gasteiger partial charge in [0.05, 0.1) is 4.90 Å². The van der Waals surface area contributed by atoms with Gasteiger partial charge in [-0.3, -0.25) is 4.79 Å². The Kier molecular flexibility index (Phi) is 6.26. The van der Waals surface area contributed by atoms with E-state index in [1.165, 1.54) is 11.8 Å². The third-order valence-electron chi connectivity index (χ3n) is 5.95. The molecule has 0 spiro atoms. The van der Waals surface area contributed by atoms with Gasteiger partial charge in [-0.25, -0.2) is 4.98 Å². The smallest absolute Gasteiger partial charge is 0.263 e. The number of aromatic amines is 1. The van der Waals surface area contributed by atoms with Gasteiger partial charge in [0, 0.05) is 32.6 Å². The zero-order chi connectivity index (χ0) is 25.2. The van der Waals surface area contributed by atoms with Crippen LogP contribution in [0, 0.1) is 0 Å². The van der Waals surface area contributed by atoms with Crippen LogP contribution < -0.4 is 5.56 Å². The lowest BCUT2D eigenvalue weighted by molar-refractivity contribution is 0.849. The fourth-order valence-electron chi connectivity index (χ4n) is 4.27. The summed E-state index contributed by atoms with van der Waals surface area (Å²) in [5, 5.41) is 10.8. The second-order valence-corrected chi connectivity index (χ2v) is 9.75. The summed E-state index contributed by atoms with van der Waals surface area (Å²) in [5.41, 5.74) is 5.38. The van der Waals surface area contributed by atoms with Gasteiger partial charge in [-0.2, -0.15) is 0 Å². The molecule has 7 heteroatoms. The Morgan fingerprint density at radius 1 is 0.676 bits per heavy atom. The monoisotopic (exact) mass is 518 g/mol. The molecule has 178 valence electrons. The molecule has 2 aromatic heterocycles. The molecule has 0 amide bonds. The maximum absolute atomic E-state index is 13.4. The normalized spacial score (nSPS) is 11.1. The number of nitrogens with zero attached hydrogens (tertiary/aromatic N) is 3. The van der Waals surface area contributed by atoms with Crippen LogP contribution in [0.25, 0.3) is 44.5 Å². The molecular weight excluding hydrogens is 500 g/mol. The van der Waals surface area contributed by atoms with Gasteiger partial charge in [0.1, 0.15) is 11.4 Å². The molecule has 4 aromatic carbocycles. The SMILES string of the molecule is O=c1[nH]c2ccc(Cl)cc2c(-c2ccccc2)c1Sc1nnc(-c2ccccc2)c(-c2ccccc2)n1. The van der Waals surface area contributed by atoms with E-state index in [1.54, 1.807) is 6.07 Å². The number of aromatic nitrogens is 4. The van der Waals surface area contributed by atoms with Gasteiger partial charge in [-0.1, -0.05) is 103 Å². The van der Waals surface area contributed by atoms with Crippen molar-refractivity contribution in [1.82, 2.24) is 20.2 Å². The molecule has 0 saturated heterocycles. The second kappa shape index (κ2) is 10.0. The van der Waals surface area contributed by atoms with Crippen LogP contribution in [0.3, 0.4) is 0 Å². The van der Waals surface area contributed by atoms with Gasteiger partial charge < -0.3 is 4.98 Å². The van der Waals surface area contributed by atoms with Crippen LogP contribution in [-0.2, 0) is 0 Å². The molecule has 37 heavy (non-hydrogen) atoms. The Hall–Kier alpha value is -4.26. The van der Waals surface area contributed by atoms with E-state index in [-0.39, 0.29) is 5.56 Å². The van der Waals surface area contributed by atoms with Crippen LogP contribution in [0.4, 0.5) is 0 Å². The summed E-state index contributed by atoms with van der Waals surface area (Å²) in [4.78, 5) is 21.7. The number of benzene rings is 4. The number of nitrogens with one attached hydrogen (secondary N) is 1. The zero-order valence-electron chi connectivity index (χ0n) is 19.4. The lowest BCUT2D eigenvalue weighted by atomic mass is 10.0. The lowest BCUT2D eigenvalue weighted by Crippen LogP contribution is -2.11. The predicted molar refractivity (Wildman–Crippen MR) is 150 cm³/mol. The van der Waals surface area contributed by atoms with E-state index in [0.717, 1.165) is 27.6 Å². The molecule has 0 unspecified atom stereocenters. The fraction of sp³-hybridized carbons (Fsp3) is 0. The number of H-pyrrole nitrogens is 1. The van der Waals surface area contributed by atoms with Crippen molar-refractivity contribution in [3.63, 3.8) is 0 Å². The van der Waals surface area contributed by atoms with Crippen LogP contribution in [-0.4, -0.2) is 20.2 Å². The van der Waals surface area contributed by atoms with Crippen molar-refractivity contribution in [3.05, 3.63) is 125 Å². The highest BCUT2D eigenvalue weighted by Crippen LogP contribution is 2.38. The highest BCUT2D eigenvalue weighted by molar-refractivity contribution is 7.99. The highest BCUT2D eigenvalue weighted by atomic mass is 35.5. The van der Waals surface area contributed by atoms with Gasteiger partial charge in [0.25, 0.3) is 5.56 Å². The molecule has 0 aliphatic carbocycles. The number of halogens is 1. The van der Waals surface area contributed by atoms with Crippen molar-refractivity contribution in [2.75, 3.05) is 0 Å². The maximum atomic E-state index is 13.4. The third-order valence-corrected chi connectivity index (χ3v) is 7.13. The molecule has 0 atom stereocenters. The Morgan fingerprint density at radius 3 is 1.92 bits per heavy atom. The summed E-state index contributed by atoms with van der Waals surface area (Å²) < 4.78 is 0. The van der Waals surface area contributed by atoms with Crippen LogP contribution in [0.5, 0.6) is 0 Å². The first kappa shape index (κ1) is 23.2. The molecule has 0 aliphatic heterocycles. The number of rotatable bonds is 5. The standard InChI is InChI=1S/C30H19ClN4OS/c31-22-16-17-24-23(18-22)25(19-10-4-1-5-11-19)28(29(36)32-24)37-30-33-26(20-12-6-2-7-13-20)27(34-35-30)21-14-8-3-9-15-21/h1-18H,(H,32,36). The minimum absolute atomic E-state index is 0.226. The largest absolute Gasteiger partial charge is 0.321 e. The molecule has 2 heterocycles. The molecular formula is C30H19ClN4OS. The van der Waals surface area contributed by atoms with Crippen LogP contribution in [0.1, 0.15) is 0 Å². The van der Waals surface area contributed by atoms with Crippen LogP contribution in [0.2, 0.25) is 5.02 Å². The molecule has 6 rings (SSSR count). The van der Waals surface area contributed by atoms with Crippen LogP contribution in [0.15, 0.2) is 124 Å². The van der Waals surface area contributed by atoms with E-state index >= 15 is 0 Å². The van der Waals surface area contributed by atoms with Crippen molar-refractivity contribution in [2.24, 2.45) is 0 Å². The van der Waals surface area contributed by atoms with Crippen molar-refractivity contribution >= 4 is 34.3 Å². The number of hydrogen-bond acceptors (Lipinski definition) is 5. The van der Waals surface area contributed by atoms with Crippen molar-refractivity contribution in [1.29, 1.82) is 0 Å². The molecule has 1 N–H and O–H groups in total. The molecule has 0 aliphatic rings. The average Bonchev–Trinajstić information content (AvgIpc) is 2.95. The number of hydrogen-bond donors (Lipinski definition) is 1. The predicted octanol–water partition coefficient (Wildman–Crippen LogP) is 7.52. The quantitative estimate of drug-likeness (QED) is 0.255. The fourth-order valence-corrected chi connectivity index (χ4v) is 5.32. The summed E-state index contributed by atoms with van der Waals surface area (Å²) in [6, 6.07) is 35.0. The summed E-state index contributed by atoms with van der Waals surface area (Å²) in [5.74, 6) is 0. The van der Waals surface area contributed by atoms with E-state index in [9.17, 15) is 4.79 Å². The van der Waals surface area contributed by atoms with E-state index in [2.05, 4.69) is 15.2 Å². The molecule has 0 radical (unpaired) electrons. The van der Waals surface area contributed by atoms with Gasteiger partial charge >= 0.3 is 0 Å². The topological polar surface area (TPSA) is 71.5 Å². The summed E-state index contributed by atoms with van der Waals surface area (Å²) in [6.07, 6.45) is 0. The van der Waals surface area contributed by atoms with Crippen molar-refractivity contribution in [3.8, 4) is 33.6 Å². The number of fused-ring (bicyclic) bond motifs is 1. The van der Waals surface area contributed by atoms with E-state index in [4.69, 9.17) is 16.6 Å². The zero-order valence-corrected chi connectivity index (χ0v) is 21.0. The minimum Gasteiger partial charge on any atom is -0.321 e. The van der Waals surface area contributed by atoms with E-state index in [1.807, 2.05) is 103 Å². The lowest BCUT2D eigenvalue weighted by Gasteiger charge is -2.13. The Labute approximate surface area is 222 Å². The van der Waals surface area contributed by atoms with Gasteiger partial charge in [0.2, 0.25) is 5.16 Å². The third kappa shape index (κ3) is 4.65. The molecule has 6 aromatic rings.